The minimum Gasteiger partial charge on any atom is -0.359 e. The van der Waals surface area contributed by atoms with Crippen LogP contribution in [0.25, 0.3) is 0 Å². The monoisotopic (exact) mass is 205 g/mol. The Morgan fingerprint density at radius 3 is 2.87 bits per heavy atom. The van der Waals surface area contributed by atoms with Crippen molar-refractivity contribution in [3.63, 3.8) is 0 Å². The first-order valence-corrected chi connectivity index (χ1v) is 5.66. The summed E-state index contributed by atoms with van der Waals surface area (Å²) in [6.07, 6.45) is 4.15. The van der Waals surface area contributed by atoms with E-state index >= 15 is 0 Å². The minimum absolute atomic E-state index is 0.519. The van der Waals surface area contributed by atoms with Crippen molar-refractivity contribution in [3.8, 4) is 0 Å². The second-order valence-corrected chi connectivity index (χ2v) is 4.37. The smallest absolute Gasteiger partial charge is 0.128 e. The highest BCUT2D eigenvalue weighted by Gasteiger charge is 2.19. The van der Waals surface area contributed by atoms with Gasteiger partial charge in [-0.1, -0.05) is 12.5 Å². The topological polar surface area (TPSA) is 42.1 Å². The largest absolute Gasteiger partial charge is 0.359 e. The van der Waals surface area contributed by atoms with Gasteiger partial charge in [-0.25, -0.2) is 4.98 Å². The maximum absolute atomic E-state index is 5.58. The number of nitrogens with zero attached hydrogens (tertiary/aromatic N) is 2. The lowest BCUT2D eigenvalue weighted by Crippen LogP contribution is -2.30. The third-order valence-corrected chi connectivity index (χ3v) is 3.15. The zero-order valence-corrected chi connectivity index (χ0v) is 9.32. The van der Waals surface area contributed by atoms with Gasteiger partial charge in [0.25, 0.3) is 0 Å². The van der Waals surface area contributed by atoms with Gasteiger partial charge in [0.1, 0.15) is 5.82 Å². The van der Waals surface area contributed by atoms with E-state index < -0.39 is 0 Å². The minimum atomic E-state index is 0.519. The van der Waals surface area contributed by atoms with Crippen molar-refractivity contribution >= 4 is 5.82 Å². The summed E-state index contributed by atoms with van der Waals surface area (Å²) in [5.74, 6) is 1.92. The van der Waals surface area contributed by atoms with Gasteiger partial charge in [-0.15, -0.1) is 0 Å². The van der Waals surface area contributed by atoms with Crippen molar-refractivity contribution in [1.29, 1.82) is 0 Å². The average molecular weight is 205 g/mol. The Kier molecular flexibility index (Phi) is 3.21. The summed E-state index contributed by atoms with van der Waals surface area (Å²) in [5, 5.41) is 0. The summed E-state index contributed by atoms with van der Waals surface area (Å²) in [6, 6.07) is 6.06. The molecule has 3 nitrogen and oxygen atoms in total. The molecule has 15 heavy (non-hydrogen) atoms. The Bertz CT molecular complexity index is 320. The summed E-state index contributed by atoms with van der Waals surface area (Å²) in [6.45, 7) is 1.64. The number of anilines is 1. The van der Waals surface area contributed by atoms with Gasteiger partial charge in [0.05, 0.1) is 5.69 Å². The Labute approximate surface area is 91.3 Å². The maximum atomic E-state index is 5.58. The molecule has 0 unspecified atom stereocenters. The first kappa shape index (κ1) is 10.4. The fourth-order valence-electron chi connectivity index (χ4n) is 1.95. The molecule has 0 atom stereocenters. The number of hydrogen-bond donors (Lipinski definition) is 1. The molecule has 1 aromatic heterocycles. The van der Waals surface area contributed by atoms with E-state index in [9.17, 15) is 0 Å². The number of pyridine rings is 1. The van der Waals surface area contributed by atoms with Gasteiger partial charge in [-0.05, 0) is 30.9 Å². The quantitative estimate of drug-likeness (QED) is 0.814. The van der Waals surface area contributed by atoms with Gasteiger partial charge in [-0.3, -0.25) is 0 Å². The fraction of sp³-hybridized carbons (Fsp3) is 0.583. The Morgan fingerprint density at radius 2 is 2.27 bits per heavy atom. The molecule has 0 amide bonds. The second kappa shape index (κ2) is 4.62. The molecule has 2 N–H and O–H groups in total. The van der Waals surface area contributed by atoms with E-state index in [4.69, 9.17) is 5.73 Å². The predicted octanol–water partition coefficient (Wildman–Crippen LogP) is 1.78. The van der Waals surface area contributed by atoms with Crippen LogP contribution in [0.1, 0.15) is 25.0 Å². The molecule has 1 saturated carbocycles. The fourth-order valence-corrected chi connectivity index (χ4v) is 1.95. The van der Waals surface area contributed by atoms with Crippen molar-refractivity contribution < 1.29 is 0 Å². The molecule has 0 radical (unpaired) electrons. The highest BCUT2D eigenvalue weighted by atomic mass is 15.2. The first-order chi connectivity index (χ1) is 7.29. The molecule has 82 valence electrons. The first-order valence-electron chi connectivity index (χ1n) is 5.66. The van der Waals surface area contributed by atoms with Crippen molar-refractivity contribution in [2.45, 2.75) is 25.8 Å². The van der Waals surface area contributed by atoms with E-state index in [1.807, 2.05) is 12.1 Å². The highest BCUT2D eigenvalue weighted by Crippen LogP contribution is 2.27. The van der Waals surface area contributed by atoms with Crippen LogP contribution in [0.3, 0.4) is 0 Å². The molecule has 1 aliphatic rings. The molecule has 0 aromatic carbocycles. The van der Waals surface area contributed by atoms with Crippen molar-refractivity contribution in [2.24, 2.45) is 11.7 Å². The van der Waals surface area contributed by atoms with Crippen LogP contribution >= 0.6 is 0 Å². The Morgan fingerprint density at radius 1 is 1.47 bits per heavy atom. The Hall–Kier alpha value is -1.09. The predicted molar refractivity (Wildman–Crippen MR) is 62.7 cm³/mol. The van der Waals surface area contributed by atoms with Gasteiger partial charge >= 0.3 is 0 Å². The lowest BCUT2D eigenvalue weighted by molar-refractivity contribution is 0.321. The van der Waals surface area contributed by atoms with Crippen LogP contribution in [0, 0.1) is 5.92 Å². The summed E-state index contributed by atoms with van der Waals surface area (Å²) in [4.78, 5) is 6.74. The van der Waals surface area contributed by atoms with Crippen LogP contribution < -0.4 is 10.6 Å². The molecule has 1 heterocycles. The van der Waals surface area contributed by atoms with Gasteiger partial charge in [-0.2, -0.15) is 0 Å². The van der Waals surface area contributed by atoms with Crippen LogP contribution in [0.5, 0.6) is 0 Å². The highest BCUT2D eigenvalue weighted by molar-refractivity contribution is 5.38. The zero-order chi connectivity index (χ0) is 10.7. The molecule has 0 bridgehead atoms. The van der Waals surface area contributed by atoms with E-state index in [-0.39, 0.29) is 0 Å². The third-order valence-electron chi connectivity index (χ3n) is 3.15. The lowest BCUT2D eigenvalue weighted by atomic mass is 9.85. The molecular weight excluding hydrogens is 186 g/mol. The van der Waals surface area contributed by atoms with E-state index in [2.05, 4.69) is 23.0 Å². The average Bonchev–Trinajstić information content (AvgIpc) is 2.23. The van der Waals surface area contributed by atoms with Crippen LogP contribution in [0.4, 0.5) is 5.82 Å². The second-order valence-electron chi connectivity index (χ2n) is 4.37. The SMILES string of the molecule is CN(CC1CCC1)c1cccc(CN)n1. The van der Waals surface area contributed by atoms with Crippen LogP contribution in [0.15, 0.2) is 18.2 Å². The molecule has 1 aromatic rings. The zero-order valence-electron chi connectivity index (χ0n) is 9.32. The molecule has 1 fully saturated rings. The summed E-state index contributed by atoms with van der Waals surface area (Å²) < 4.78 is 0. The van der Waals surface area contributed by atoms with Crippen molar-refractivity contribution in [3.05, 3.63) is 23.9 Å². The van der Waals surface area contributed by atoms with Gasteiger partial charge in [0.15, 0.2) is 0 Å². The lowest BCUT2D eigenvalue weighted by Gasteiger charge is -2.30. The van der Waals surface area contributed by atoms with E-state index in [0.29, 0.717) is 6.54 Å². The van der Waals surface area contributed by atoms with Gasteiger partial charge < -0.3 is 10.6 Å². The summed E-state index contributed by atoms with van der Waals surface area (Å²) in [5.41, 5.74) is 6.54. The normalized spacial score (nSPS) is 16.1. The number of rotatable bonds is 4. The standard InChI is InChI=1S/C12H19N3/c1-15(9-10-4-2-5-10)12-7-3-6-11(8-13)14-12/h3,6-7,10H,2,4-5,8-9,13H2,1H3. The Balaban J connectivity index is 1.99. The van der Waals surface area contributed by atoms with E-state index in [0.717, 1.165) is 24.0 Å². The number of hydrogen-bond acceptors (Lipinski definition) is 3. The van der Waals surface area contributed by atoms with Crippen LogP contribution in [0.2, 0.25) is 0 Å². The van der Waals surface area contributed by atoms with Crippen molar-refractivity contribution in [2.75, 3.05) is 18.5 Å². The van der Waals surface area contributed by atoms with Gasteiger partial charge in [0, 0.05) is 20.1 Å². The molecule has 3 heteroatoms. The van der Waals surface area contributed by atoms with E-state index in [1.165, 1.54) is 19.3 Å². The third kappa shape index (κ3) is 2.48. The molecule has 1 aliphatic carbocycles. The van der Waals surface area contributed by atoms with Crippen LogP contribution in [-0.4, -0.2) is 18.6 Å². The number of aromatic nitrogens is 1. The number of nitrogens with two attached hydrogens (primary N) is 1. The van der Waals surface area contributed by atoms with Crippen molar-refractivity contribution in [1.82, 2.24) is 4.98 Å². The van der Waals surface area contributed by atoms with E-state index in [1.54, 1.807) is 0 Å². The molecule has 0 saturated heterocycles. The summed E-state index contributed by atoms with van der Waals surface area (Å²) in [7, 11) is 2.11. The van der Waals surface area contributed by atoms with Crippen LogP contribution in [-0.2, 0) is 6.54 Å². The summed E-state index contributed by atoms with van der Waals surface area (Å²) >= 11 is 0. The maximum Gasteiger partial charge on any atom is 0.128 e. The molecule has 0 spiro atoms. The van der Waals surface area contributed by atoms with Gasteiger partial charge in [0.2, 0.25) is 0 Å². The molecular formula is C12H19N3. The molecule has 0 aliphatic heterocycles. The molecule has 2 rings (SSSR count).